The predicted octanol–water partition coefficient (Wildman–Crippen LogP) is 4.13. The van der Waals surface area contributed by atoms with Gasteiger partial charge in [-0.3, -0.25) is 14.9 Å². The largest absolute Gasteiger partial charge is 0.495 e. The van der Waals surface area contributed by atoms with E-state index in [2.05, 4.69) is 11.9 Å². The molecule has 7 heteroatoms. The van der Waals surface area contributed by atoms with Gasteiger partial charge in [0.1, 0.15) is 5.75 Å². The molecular formula is C17H16N2O4S. The standard InChI is InChI=1S/C17H16N2O4S/c1-3-10-24-16-7-5-4-6-13(16)17(20)18-14-11-12(19(21)22)8-9-15(14)23-2/h3-9,11H,1,10H2,2H3,(H,18,20). The van der Waals surface area contributed by atoms with Gasteiger partial charge in [-0.15, -0.1) is 18.3 Å². The highest BCUT2D eigenvalue weighted by atomic mass is 32.2. The highest BCUT2D eigenvalue weighted by molar-refractivity contribution is 7.99. The van der Waals surface area contributed by atoms with Crippen LogP contribution >= 0.6 is 11.8 Å². The fourth-order valence-corrected chi connectivity index (χ4v) is 2.81. The third kappa shape index (κ3) is 4.14. The van der Waals surface area contributed by atoms with E-state index in [9.17, 15) is 14.9 Å². The zero-order chi connectivity index (χ0) is 17.5. The molecule has 0 aliphatic carbocycles. The Morgan fingerprint density at radius 2 is 2.12 bits per heavy atom. The molecule has 0 heterocycles. The molecule has 0 spiro atoms. The van der Waals surface area contributed by atoms with Crippen LogP contribution in [0.3, 0.4) is 0 Å². The second kappa shape index (κ2) is 8.16. The van der Waals surface area contributed by atoms with Gasteiger partial charge in [-0.25, -0.2) is 0 Å². The van der Waals surface area contributed by atoms with Gasteiger partial charge in [0.15, 0.2) is 0 Å². The molecule has 124 valence electrons. The molecule has 1 amide bonds. The lowest BCUT2D eigenvalue weighted by Crippen LogP contribution is -2.14. The molecule has 0 fully saturated rings. The zero-order valence-corrected chi connectivity index (χ0v) is 13.8. The lowest BCUT2D eigenvalue weighted by Gasteiger charge is -2.12. The van der Waals surface area contributed by atoms with Gasteiger partial charge in [0.25, 0.3) is 11.6 Å². The third-order valence-electron chi connectivity index (χ3n) is 3.13. The van der Waals surface area contributed by atoms with Gasteiger partial charge >= 0.3 is 0 Å². The molecule has 2 aromatic rings. The molecule has 2 rings (SSSR count). The lowest BCUT2D eigenvalue weighted by molar-refractivity contribution is -0.384. The predicted molar refractivity (Wildman–Crippen MR) is 95.0 cm³/mol. The van der Waals surface area contributed by atoms with Gasteiger partial charge in [-0.1, -0.05) is 18.2 Å². The number of amides is 1. The summed E-state index contributed by atoms with van der Waals surface area (Å²) < 4.78 is 5.16. The number of carbonyl (C=O) groups is 1. The molecule has 0 aliphatic rings. The SMILES string of the molecule is C=CCSc1ccccc1C(=O)Nc1cc([N+](=O)[O-])ccc1OC. The van der Waals surface area contributed by atoms with Crippen molar-refractivity contribution in [1.82, 2.24) is 0 Å². The number of nitro benzene ring substituents is 1. The molecule has 0 aliphatic heterocycles. The van der Waals surface area contributed by atoms with E-state index in [0.29, 0.717) is 17.1 Å². The third-order valence-corrected chi connectivity index (χ3v) is 4.20. The van der Waals surface area contributed by atoms with Crippen molar-refractivity contribution >= 4 is 29.0 Å². The summed E-state index contributed by atoms with van der Waals surface area (Å²) in [6.07, 6.45) is 1.75. The Morgan fingerprint density at radius 1 is 1.38 bits per heavy atom. The Morgan fingerprint density at radius 3 is 2.79 bits per heavy atom. The van der Waals surface area contributed by atoms with Crippen LogP contribution in [0.5, 0.6) is 5.75 Å². The summed E-state index contributed by atoms with van der Waals surface area (Å²) in [5.41, 5.74) is 0.610. The number of nitrogens with zero attached hydrogens (tertiary/aromatic N) is 1. The first kappa shape index (κ1) is 17.6. The monoisotopic (exact) mass is 344 g/mol. The number of rotatable bonds is 7. The molecule has 2 aromatic carbocycles. The Labute approximate surface area is 143 Å². The number of hydrogen-bond acceptors (Lipinski definition) is 5. The van der Waals surface area contributed by atoms with Crippen LogP contribution in [0.15, 0.2) is 60.0 Å². The molecule has 0 saturated carbocycles. The molecule has 0 atom stereocenters. The van der Waals surface area contributed by atoms with Crippen molar-refractivity contribution < 1.29 is 14.5 Å². The Balaban J connectivity index is 2.31. The van der Waals surface area contributed by atoms with Crippen LogP contribution in [0, 0.1) is 10.1 Å². The maximum atomic E-state index is 12.6. The van der Waals surface area contributed by atoms with E-state index in [1.54, 1.807) is 18.2 Å². The highest BCUT2D eigenvalue weighted by Crippen LogP contribution is 2.30. The van der Waals surface area contributed by atoms with Crippen LogP contribution in [0.4, 0.5) is 11.4 Å². The summed E-state index contributed by atoms with van der Waals surface area (Å²) in [6.45, 7) is 3.67. The van der Waals surface area contributed by atoms with Gasteiger partial charge in [0.2, 0.25) is 0 Å². The number of non-ortho nitro benzene ring substituents is 1. The summed E-state index contributed by atoms with van der Waals surface area (Å²) in [5, 5.41) is 13.6. The number of benzene rings is 2. The topological polar surface area (TPSA) is 81.5 Å². The average molecular weight is 344 g/mol. The summed E-state index contributed by atoms with van der Waals surface area (Å²) in [6, 6.07) is 11.2. The Bertz CT molecular complexity index is 777. The van der Waals surface area contributed by atoms with Crippen LogP contribution in [0.1, 0.15) is 10.4 Å². The lowest BCUT2D eigenvalue weighted by atomic mass is 10.2. The van der Waals surface area contributed by atoms with Crippen LogP contribution in [-0.4, -0.2) is 23.7 Å². The second-order valence-electron chi connectivity index (χ2n) is 4.69. The van der Waals surface area contributed by atoms with Gasteiger partial charge in [0.05, 0.1) is 23.3 Å². The minimum Gasteiger partial charge on any atom is -0.495 e. The van der Waals surface area contributed by atoms with Gasteiger partial charge < -0.3 is 10.1 Å². The van der Waals surface area contributed by atoms with E-state index in [1.807, 2.05) is 12.1 Å². The van der Waals surface area contributed by atoms with Crippen LogP contribution < -0.4 is 10.1 Å². The number of nitro groups is 1. The van der Waals surface area contributed by atoms with Gasteiger partial charge in [0, 0.05) is 22.8 Å². The average Bonchev–Trinajstić information content (AvgIpc) is 2.60. The highest BCUT2D eigenvalue weighted by Gasteiger charge is 2.16. The quantitative estimate of drug-likeness (QED) is 0.353. The molecule has 0 saturated heterocycles. The molecule has 0 radical (unpaired) electrons. The van der Waals surface area contributed by atoms with Crippen molar-refractivity contribution in [2.75, 3.05) is 18.2 Å². The van der Waals surface area contributed by atoms with Crippen LogP contribution in [0.25, 0.3) is 0 Å². The minimum atomic E-state index is -0.525. The normalized spacial score (nSPS) is 10.0. The van der Waals surface area contributed by atoms with E-state index < -0.39 is 4.92 Å². The first-order valence-corrected chi connectivity index (χ1v) is 8.02. The zero-order valence-electron chi connectivity index (χ0n) is 13.0. The van der Waals surface area contributed by atoms with Gasteiger partial charge in [-0.2, -0.15) is 0 Å². The first-order chi connectivity index (χ1) is 11.6. The van der Waals surface area contributed by atoms with Crippen molar-refractivity contribution in [1.29, 1.82) is 0 Å². The van der Waals surface area contributed by atoms with E-state index >= 15 is 0 Å². The minimum absolute atomic E-state index is 0.125. The second-order valence-corrected chi connectivity index (χ2v) is 5.75. The number of thioether (sulfide) groups is 1. The van der Waals surface area contributed by atoms with E-state index in [-0.39, 0.29) is 17.3 Å². The molecule has 1 N–H and O–H groups in total. The van der Waals surface area contributed by atoms with Crippen molar-refractivity contribution in [3.63, 3.8) is 0 Å². The molecule has 0 aromatic heterocycles. The van der Waals surface area contributed by atoms with Crippen molar-refractivity contribution in [2.45, 2.75) is 4.90 Å². The van der Waals surface area contributed by atoms with Crippen LogP contribution in [-0.2, 0) is 0 Å². The van der Waals surface area contributed by atoms with E-state index in [4.69, 9.17) is 4.74 Å². The number of carbonyl (C=O) groups excluding carboxylic acids is 1. The molecular weight excluding hydrogens is 328 g/mol. The number of methoxy groups -OCH3 is 1. The van der Waals surface area contributed by atoms with E-state index in [1.165, 1.54) is 37.1 Å². The maximum absolute atomic E-state index is 12.6. The van der Waals surface area contributed by atoms with Crippen molar-refractivity contribution in [3.8, 4) is 5.75 Å². The molecule has 6 nitrogen and oxygen atoms in total. The summed E-state index contributed by atoms with van der Waals surface area (Å²) in [7, 11) is 1.44. The first-order valence-electron chi connectivity index (χ1n) is 7.03. The van der Waals surface area contributed by atoms with Crippen molar-refractivity contribution in [2.24, 2.45) is 0 Å². The molecule has 0 bridgehead atoms. The Kier molecular flexibility index (Phi) is 5.97. The molecule has 24 heavy (non-hydrogen) atoms. The summed E-state index contributed by atoms with van der Waals surface area (Å²) >= 11 is 1.49. The number of hydrogen-bond donors (Lipinski definition) is 1. The van der Waals surface area contributed by atoms with Crippen LogP contribution in [0.2, 0.25) is 0 Å². The molecule has 0 unspecified atom stereocenters. The summed E-state index contributed by atoms with van der Waals surface area (Å²) in [4.78, 5) is 23.8. The maximum Gasteiger partial charge on any atom is 0.271 e. The number of anilines is 1. The smallest absolute Gasteiger partial charge is 0.271 e. The fraction of sp³-hybridized carbons (Fsp3) is 0.118. The number of nitrogens with one attached hydrogen (secondary N) is 1. The van der Waals surface area contributed by atoms with Crippen molar-refractivity contribution in [3.05, 3.63) is 70.8 Å². The fourth-order valence-electron chi connectivity index (χ4n) is 2.03. The van der Waals surface area contributed by atoms with E-state index in [0.717, 1.165) is 4.90 Å². The number of ether oxygens (including phenoxy) is 1. The summed E-state index contributed by atoms with van der Waals surface area (Å²) in [5.74, 6) is 0.663. The Hall–Kier alpha value is -2.80. The van der Waals surface area contributed by atoms with Gasteiger partial charge in [-0.05, 0) is 18.2 Å².